The zero-order chi connectivity index (χ0) is 18.4. The molecular formula is C16H17N3O6. The van der Waals surface area contributed by atoms with Gasteiger partial charge in [-0.25, -0.2) is 14.8 Å². The van der Waals surface area contributed by atoms with Gasteiger partial charge < -0.3 is 24.6 Å². The zero-order valence-electron chi connectivity index (χ0n) is 13.9. The van der Waals surface area contributed by atoms with Crippen molar-refractivity contribution in [2.75, 3.05) is 21.3 Å². The van der Waals surface area contributed by atoms with Gasteiger partial charge in [0.2, 0.25) is 0 Å². The number of nitrogens with zero attached hydrogens (tertiary/aromatic N) is 2. The molecule has 0 spiro atoms. The van der Waals surface area contributed by atoms with Gasteiger partial charge in [0.15, 0.2) is 5.69 Å². The van der Waals surface area contributed by atoms with Crippen molar-refractivity contribution in [2.24, 2.45) is 0 Å². The summed E-state index contributed by atoms with van der Waals surface area (Å²) < 4.78 is 15.8. The van der Waals surface area contributed by atoms with E-state index < -0.39 is 11.9 Å². The van der Waals surface area contributed by atoms with Crippen molar-refractivity contribution in [3.05, 3.63) is 41.5 Å². The molecule has 0 atom stereocenters. The van der Waals surface area contributed by atoms with Crippen LogP contribution in [0.1, 0.15) is 26.5 Å². The monoisotopic (exact) mass is 347 g/mol. The number of aromatic nitrogens is 2. The Hall–Kier alpha value is -3.36. The van der Waals surface area contributed by atoms with E-state index in [-0.39, 0.29) is 17.9 Å². The molecule has 1 aromatic carbocycles. The van der Waals surface area contributed by atoms with E-state index in [0.717, 1.165) is 12.4 Å². The van der Waals surface area contributed by atoms with E-state index >= 15 is 0 Å². The first-order valence-electron chi connectivity index (χ1n) is 7.12. The van der Waals surface area contributed by atoms with Gasteiger partial charge in [-0.15, -0.1) is 0 Å². The van der Waals surface area contributed by atoms with Crippen molar-refractivity contribution < 1.29 is 28.9 Å². The van der Waals surface area contributed by atoms with Crippen molar-refractivity contribution in [3.63, 3.8) is 0 Å². The number of amides is 1. The maximum absolute atomic E-state index is 12.2. The number of benzene rings is 1. The molecule has 0 aliphatic heterocycles. The predicted octanol–water partition coefficient (Wildman–Crippen LogP) is 1.13. The van der Waals surface area contributed by atoms with Gasteiger partial charge in [-0.1, -0.05) is 0 Å². The van der Waals surface area contributed by atoms with Gasteiger partial charge in [-0.05, 0) is 0 Å². The first kappa shape index (κ1) is 18.0. The van der Waals surface area contributed by atoms with Crippen LogP contribution in [0.25, 0.3) is 0 Å². The van der Waals surface area contributed by atoms with Crippen molar-refractivity contribution in [1.29, 1.82) is 0 Å². The summed E-state index contributed by atoms with van der Waals surface area (Å²) in [6, 6.07) is 3.34. The lowest BCUT2D eigenvalue weighted by Crippen LogP contribution is -2.24. The average Bonchev–Trinajstić information content (AvgIpc) is 2.65. The summed E-state index contributed by atoms with van der Waals surface area (Å²) in [6.07, 6.45) is 2.12. The molecule has 1 aromatic heterocycles. The van der Waals surface area contributed by atoms with Crippen molar-refractivity contribution in [1.82, 2.24) is 15.3 Å². The molecule has 2 rings (SSSR count). The average molecular weight is 347 g/mol. The zero-order valence-corrected chi connectivity index (χ0v) is 13.9. The molecule has 0 saturated carbocycles. The Morgan fingerprint density at radius 2 is 1.56 bits per heavy atom. The quantitative estimate of drug-likeness (QED) is 0.765. The smallest absolute Gasteiger partial charge is 0.356 e. The number of carbonyl (C=O) groups is 2. The molecular weight excluding hydrogens is 330 g/mol. The predicted molar refractivity (Wildman–Crippen MR) is 86.3 cm³/mol. The van der Waals surface area contributed by atoms with Gasteiger partial charge in [-0.2, -0.15) is 0 Å². The van der Waals surface area contributed by atoms with Gasteiger partial charge in [0.05, 0.1) is 45.8 Å². The lowest BCUT2D eigenvalue weighted by molar-refractivity contribution is 0.0689. The van der Waals surface area contributed by atoms with Crippen LogP contribution in [0.3, 0.4) is 0 Å². The third kappa shape index (κ3) is 4.14. The molecule has 2 aromatic rings. The molecule has 0 bridgehead atoms. The van der Waals surface area contributed by atoms with Gasteiger partial charge in [0.1, 0.15) is 22.9 Å². The summed E-state index contributed by atoms with van der Waals surface area (Å²) in [5.41, 5.74) is 0.376. The van der Waals surface area contributed by atoms with Crippen LogP contribution >= 0.6 is 0 Å². The minimum atomic E-state index is -1.22. The van der Waals surface area contributed by atoms with Crippen molar-refractivity contribution in [2.45, 2.75) is 6.54 Å². The number of rotatable bonds is 7. The number of hydrogen-bond donors (Lipinski definition) is 2. The number of ether oxygens (including phenoxy) is 3. The summed E-state index contributed by atoms with van der Waals surface area (Å²) in [7, 11) is 4.51. The molecule has 0 aliphatic carbocycles. The highest BCUT2D eigenvalue weighted by molar-refractivity contribution is 5.92. The fraction of sp³-hybridized carbons (Fsp3) is 0.250. The summed E-state index contributed by atoms with van der Waals surface area (Å²) in [4.78, 5) is 30.3. The Kier molecular flexibility index (Phi) is 5.72. The first-order valence-corrected chi connectivity index (χ1v) is 7.12. The third-order valence-corrected chi connectivity index (χ3v) is 3.35. The third-order valence-electron chi connectivity index (χ3n) is 3.35. The molecule has 0 fully saturated rings. The molecule has 1 heterocycles. The Balaban J connectivity index is 2.17. The van der Waals surface area contributed by atoms with E-state index in [1.807, 2.05) is 0 Å². The molecule has 0 saturated heterocycles. The molecule has 25 heavy (non-hydrogen) atoms. The second-order valence-electron chi connectivity index (χ2n) is 4.79. The summed E-state index contributed by atoms with van der Waals surface area (Å²) in [5, 5.41) is 11.4. The second kappa shape index (κ2) is 7.95. The fourth-order valence-electron chi connectivity index (χ4n) is 2.07. The Labute approximate surface area is 143 Å². The lowest BCUT2D eigenvalue weighted by atomic mass is 10.1. The second-order valence-corrected chi connectivity index (χ2v) is 4.79. The largest absolute Gasteiger partial charge is 0.496 e. The van der Waals surface area contributed by atoms with Gasteiger partial charge >= 0.3 is 5.97 Å². The maximum Gasteiger partial charge on any atom is 0.356 e. The van der Waals surface area contributed by atoms with Crippen molar-refractivity contribution in [3.8, 4) is 17.2 Å². The topological polar surface area (TPSA) is 120 Å². The molecule has 2 N–H and O–H groups in total. The summed E-state index contributed by atoms with van der Waals surface area (Å²) in [6.45, 7) is 0.109. The van der Waals surface area contributed by atoms with Crippen LogP contribution in [0.15, 0.2) is 24.5 Å². The molecule has 0 radical (unpaired) electrons. The Bertz CT molecular complexity index is 751. The maximum atomic E-state index is 12.2. The molecule has 9 heteroatoms. The number of aromatic carboxylic acids is 1. The van der Waals surface area contributed by atoms with Gasteiger partial charge in [0.25, 0.3) is 5.91 Å². The minimum absolute atomic E-state index is 0.00329. The van der Waals surface area contributed by atoms with Crippen molar-refractivity contribution >= 4 is 11.9 Å². The van der Waals surface area contributed by atoms with E-state index in [1.165, 1.54) is 21.3 Å². The standard InChI is InChI=1S/C16H17N3O6/c1-23-9-4-13(24-2)10(14(5-9)25-3)6-19-15(20)11-7-18-12(8-17-11)16(21)22/h4-5,7-8H,6H2,1-3H3,(H,19,20)(H,21,22). The SMILES string of the molecule is COc1cc(OC)c(CNC(=O)c2cnc(C(=O)O)cn2)c(OC)c1. The number of nitrogens with one attached hydrogen (secondary N) is 1. The van der Waals surface area contributed by atoms with Crippen LogP contribution < -0.4 is 19.5 Å². The van der Waals surface area contributed by atoms with E-state index in [1.54, 1.807) is 12.1 Å². The number of methoxy groups -OCH3 is 3. The number of carboxylic acids is 1. The van der Waals surface area contributed by atoms with E-state index in [9.17, 15) is 9.59 Å². The summed E-state index contributed by atoms with van der Waals surface area (Å²) in [5.74, 6) is -0.192. The van der Waals surface area contributed by atoms with Crippen LogP contribution in [0.2, 0.25) is 0 Å². The first-order chi connectivity index (χ1) is 12.0. The molecule has 1 amide bonds. The fourth-order valence-corrected chi connectivity index (χ4v) is 2.07. The van der Waals surface area contributed by atoms with Crippen LogP contribution in [-0.2, 0) is 6.54 Å². The minimum Gasteiger partial charge on any atom is -0.496 e. The van der Waals surface area contributed by atoms with E-state index in [0.29, 0.717) is 22.8 Å². The van der Waals surface area contributed by atoms with Crippen LogP contribution in [-0.4, -0.2) is 48.3 Å². The number of hydrogen-bond acceptors (Lipinski definition) is 7. The normalized spacial score (nSPS) is 10.0. The van der Waals surface area contributed by atoms with E-state index in [2.05, 4.69) is 15.3 Å². The highest BCUT2D eigenvalue weighted by Gasteiger charge is 2.16. The highest BCUT2D eigenvalue weighted by Crippen LogP contribution is 2.33. The van der Waals surface area contributed by atoms with Gasteiger partial charge in [0, 0.05) is 12.1 Å². The number of carbonyl (C=O) groups excluding carboxylic acids is 1. The number of carboxylic acid groups (broad SMARTS) is 1. The highest BCUT2D eigenvalue weighted by atomic mass is 16.5. The molecule has 0 unspecified atom stereocenters. The van der Waals surface area contributed by atoms with Crippen LogP contribution in [0, 0.1) is 0 Å². The molecule has 9 nitrogen and oxygen atoms in total. The van der Waals surface area contributed by atoms with Crippen LogP contribution in [0.4, 0.5) is 0 Å². The van der Waals surface area contributed by atoms with Crippen LogP contribution in [0.5, 0.6) is 17.2 Å². The van der Waals surface area contributed by atoms with E-state index in [4.69, 9.17) is 19.3 Å². The Morgan fingerprint density at radius 1 is 1.00 bits per heavy atom. The molecule has 132 valence electrons. The lowest BCUT2D eigenvalue weighted by Gasteiger charge is -2.15. The summed E-state index contributed by atoms with van der Waals surface area (Å²) >= 11 is 0. The molecule has 0 aliphatic rings. The van der Waals surface area contributed by atoms with Gasteiger partial charge in [-0.3, -0.25) is 4.79 Å². The Morgan fingerprint density at radius 3 is 2.00 bits per heavy atom.